The first-order valence-electron chi connectivity index (χ1n) is 5.90. The van der Waals surface area contributed by atoms with Gasteiger partial charge in [-0.05, 0) is 39.8 Å². The average Bonchev–Trinajstić information content (AvgIpc) is 2.26. The maximum absolute atomic E-state index is 12.0. The topological polar surface area (TPSA) is 49.8 Å². The number of piperidine rings is 1. The van der Waals surface area contributed by atoms with E-state index in [0.717, 1.165) is 19.5 Å². The summed E-state index contributed by atoms with van der Waals surface area (Å²) in [7, 11) is 1.39. The Balaban J connectivity index is 3.00. The third kappa shape index (κ3) is 2.23. The Kier molecular flexibility index (Phi) is 3.97. The second-order valence-electron chi connectivity index (χ2n) is 5.11. The van der Waals surface area contributed by atoms with E-state index in [1.54, 1.807) is 13.8 Å². The minimum absolute atomic E-state index is 0.293. The summed E-state index contributed by atoms with van der Waals surface area (Å²) < 4.78 is 4.89. The molecule has 4 nitrogen and oxygen atoms in total. The molecule has 0 radical (unpaired) electrons. The Morgan fingerprint density at radius 2 is 2.19 bits per heavy atom. The van der Waals surface area contributed by atoms with Gasteiger partial charge in [0.05, 0.1) is 12.7 Å². The first-order valence-corrected chi connectivity index (χ1v) is 5.90. The highest BCUT2D eigenvalue weighted by molar-refractivity contribution is 5.78. The molecule has 1 saturated heterocycles. The van der Waals surface area contributed by atoms with Crippen molar-refractivity contribution >= 4 is 5.97 Å². The lowest BCUT2D eigenvalue weighted by Crippen LogP contribution is -2.59. The van der Waals surface area contributed by atoms with Crippen molar-refractivity contribution < 1.29 is 14.6 Å². The molecule has 4 heteroatoms. The van der Waals surface area contributed by atoms with Crippen LogP contribution < -0.4 is 0 Å². The second kappa shape index (κ2) is 4.72. The first kappa shape index (κ1) is 13.5. The number of carbonyl (C=O) groups is 1. The van der Waals surface area contributed by atoms with Crippen LogP contribution >= 0.6 is 0 Å². The van der Waals surface area contributed by atoms with Crippen LogP contribution in [0.1, 0.15) is 33.6 Å². The molecule has 94 valence electrons. The van der Waals surface area contributed by atoms with Gasteiger partial charge >= 0.3 is 5.97 Å². The van der Waals surface area contributed by atoms with Crippen molar-refractivity contribution in [3.05, 3.63) is 0 Å². The molecular weight excluding hydrogens is 206 g/mol. The van der Waals surface area contributed by atoms with Gasteiger partial charge in [0.15, 0.2) is 0 Å². The van der Waals surface area contributed by atoms with Gasteiger partial charge in [-0.25, -0.2) is 0 Å². The zero-order valence-electron chi connectivity index (χ0n) is 10.7. The Labute approximate surface area is 97.6 Å². The highest BCUT2D eigenvalue weighted by Gasteiger charge is 2.53. The SMILES string of the molecule is CCN1CCCC(C(=O)OC)(C(C)(C)O)C1. The maximum atomic E-state index is 12.0. The van der Waals surface area contributed by atoms with Crippen molar-refractivity contribution in [3.8, 4) is 0 Å². The molecule has 0 spiro atoms. The smallest absolute Gasteiger partial charge is 0.316 e. The van der Waals surface area contributed by atoms with Crippen molar-refractivity contribution in [2.45, 2.75) is 39.2 Å². The number of hydrogen-bond acceptors (Lipinski definition) is 4. The third-order valence-corrected chi connectivity index (χ3v) is 3.77. The summed E-state index contributed by atoms with van der Waals surface area (Å²) in [6.45, 7) is 7.93. The lowest BCUT2D eigenvalue weighted by Gasteiger charge is -2.47. The van der Waals surface area contributed by atoms with Crippen molar-refractivity contribution in [2.24, 2.45) is 5.41 Å². The molecule has 1 N–H and O–H groups in total. The molecule has 0 aliphatic carbocycles. The minimum atomic E-state index is -1.05. The van der Waals surface area contributed by atoms with Crippen LogP contribution in [0.4, 0.5) is 0 Å². The normalized spacial score (nSPS) is 27.8. The number of rotatable bonds is 3. The molecule has 0 aromatic rings. The van der Waals surface area contributed by atoms with Crippen LogP contribution in [-0.2, 0) is 9.53 Å². The number of carbonyl (C=O) groups excluding carboxylic acids is 1. The molecule has 0 bridgehead atoms. The molecule has 1 fully saturated rings. The maximum Gasteiger partial charge on any atom is 0.316 e. The number of methoxy groups -OCH3 is 1. The number of nitrogens with zero attached hydrogens (tertiary/aromatic N) is 1. The fourth-order valence-electron chi connectivity index (χ4n) is 2.53. The standard InChI is InChI=1S/C12H23NO3/c1-5-13-8-6-7-12(9-13,10(14)16-4)11(2,3)15/h15H,5-9H2,1-4H3. The molecule has 0 saturated carbocycles. The minimum Gasteiger partial charge on any atom is -0.468 e. The van der Waals surface area contributed by atoms with Crippen molar-refractivity contribution in [3.63, 3.8) is 0 Å². The average molecular weight is 229 g/mol. The lowest BCUT2D eigenvalue weighted by atomic mass is 9.68. The van der Waals surface area contributed by atoms with Crippen LogP contribution in [0.25, 0.3) is 0 Å². The van der Waals surface area contributed by atoms with E-state index in [4.69, 9.17) is 4.74 Å². The summed E-state index contributed by atoms with van der Waals surface area (Å²) in [5, 5.41) is 10.3. The van der Waals surface area contributed by atoms with E-state index in [-0.39, 0.29) is 5.97 Å². The van der Waals surface area contributed by atoms with Gasteiger partial charge in [0.2, 0.25) is 0 Å². The predicted molar refractivity (Wildman–Crippen MR) is 62.1 cm³/mol. The largest absolute Gasteiger partial charge is 0.468 e. The molecule has 1 heterocycles. The molecule has 1 aliphatic rings. The molecule has 0 aromatic heterocycles. The molecular formula is C12H23NO3. The quantitative estimate of drug-likeness (QED) is 0.734. The molecule has 1 atom stereocenters. The second-order valence-corrected chi connectivity index (χ2v) is 5.11. The van der Waals surface area contributed by atoms with E-state index in [9.17, 15) is 9.90 Å². The summed E-state index contributed by atoms with van der Waals surface area (Å²) in [6, 6.07) is 0. The third-order valence-electron chi connectivity index (χ3n) is 3.77. The van der Waals surface area contributed by atoms with Crippen LogP contribution in [0.15, 0.2) is 0 Å². The fourth-order valence-corrected chi connectivity index (χ4v) is 2.53. The van der Waals surface area contributed by atoms with Gasteiger partial charge in [-0.1, -0.05) is 6.92 Å². The summed E-state index contributed by atoms with van der Waals surface area (Å²) in [6.07, 6.45) is 1.62. The van der Waals surface area contributed by atoms with Gasteiger partial charge in [0, 0.05) is 6.54 Å². The molecule has 0 aromatic carbocycles. The number of ether oxygens (including phenoxy) is 1. The molecule has 1 rings (SSSR count). The number of likely N-dealkylation sites (tertiary alicyclic amines) is 1. The zero-order chi connectivity index (χ0) is 12.4. The number of esters is 1. The molecule has 0 amide bonds. The summed E-state index contributed by atoms with van der Waals surface area (Å²) >= 11 is 0. The van der Waals surface area contributed by atoms with Gasteiger partial charge in [0.25, 0.3) is 0 Å². The van der Waals surface area contributed by atoms with Gasteiger partial charge in [0.1, 0.15) is 5.41 Å². The Bertz CT molecular complexity index is 259. The Morgan fingerprint density at radius 3 is 2.62 bits per heavy atom. The van der Waals surface area contributed by atoms with Gasteiger partial charge < -0.3 is 14.7 Å². The Hall–Kier alpha value is -0.610. The highest BCUT2D eigenvalue weighted by Crippen LogP contribution is 2.40. The molecule has 1 unspecified atom stereocenters. The van der Waals surface area contributed by atoms with E-state index in [1.165, 1.54) is 7.11 Å². The molecule has 1 aliphatic heterocycles. The van der Waals surface area contributed by atoms with E-state index >= 15 is 0 Å². The first-order chi connectivity index (χ1) is 7.37. The van der Waals surface area contributed by atoms with E-state index < -0.39 is 11.0 Å². The predicted octanol–water partition coefficient (Wildman–Crippen LogP) is 1.03. The van der Waals surface area contributed by atoms with Gasteiger partial charge in [-0.15, -0.1) is 0 Å². The van der Waals surface area contributed by atoms with Gasteiger partial charge in [-0.2, -0.15) is 0 Å². The van der Waals surface area contributed by atoms with Crippen molar-refractivity contribution in [2.75, 3.05) is 26.7 Å². The van der Waals surface area contributed by atoms with Crippen LogP contribution in [0.5, 0.6) is 0 Å². The van der Waals surface area contributed by atoms with Gasteiger partial charge in [-0.3, -0.25) is 4.79 Å². The van der Waals surface area contributed by atoms with Crippen molar-refractivity contribution in [1.29, 1.82) is 0 Å². The summed E-state index contributed by atoms with van der Waals surface area (Å²) in [4.78, 5) is 14.2. The highest BCUT2D eigenvalue weighted by atomic mass is 16.5. The fraction of sp³-hybridized carbons (Fsp3) is 0.917. The van der Waals surface area contributed by atoms with Crippen LogP contribution in [0.3, 0.4) is 0 Å². The van der Waals surface area contributed by atoms with Crippen LogP contribution in [0.2, 0.25) is 0 Å². The number of hydrogen-bond donors (Lipinski definition) is 1. The van der Waals surface area contributed by atoms with E-state index in [1.807, 2.05) is 0 Å². The Morgan fingerprint density at radius 1 is 1.56 bits per heavy atom. The van der Waals surface area contributed by atoms with Crippen LogP contribution in [0, 0.1) is 5.41 Å². The van der Waals surface area contributed by atoms with E-state index in [0.29, 0.717) is 13.0 Å². The summed E-state index contributed by atoms with van der Waals surface area (Å²) in [5.41, 5.74) is -1.83. The lowest BCUT2D eigenvalue weighted by molar-refractivity contribution is -0.176. The van der Waals surface area contributed by atoms with E-state index in [2.05, 4.69) is 11.8 Å². The van der Waals surface area contributed by atoms with Crippen molar-refractivity contribution in [1.82, 2.24) is 4.90 Å². The van der Waals surface area contributed by atoms with Crippen LogP contribution in [-0.4, -0.2) is 48.3 Å². The molecule has 16 heavy (non-hydrogen) atoms. The summed E-state index contributed by atoms with van der Waals surface area (Å²) in [5.74, 6) is -0.293. The monoisotopic (exact) mass is 229 g/mol. The zero-order valence-corrected chi connectivity index (χ0v) is 10.7. The number of aliphatic hydroxyl groups is 1.